The van der Waals surface area contributed by atoms with E-state index in [1.54, 1.807) is 12.1 Å². The highest BCUT2D eigenvalue weighted by atomic mass is 19.1. The Morgan fingerprint density at radius 2 is 1.89 bits per heavy atom. The summed E-state index contributed by atoms with van der Waals surface area (Å²) in [7, 11) is 0. The van der Waals surface area contributed by atoms with Crippen molar-refractivity contribution in [3.63, 3.8) is 0 Å². The minimum Gasteiger partial charge on any atom is -0.376 e. The van der Waals surface area contributed by atoms with Crippen LogP contribution in [0.25, 0.3) is 0 Å². The van der Waals surface area contributed by atoms with Gasteiger partial charge in [-0.3, -0.25) is 0 Å². The highest BCUT2D eigenvalue weighted by molar-refractivity contribution is 5.47. The molecule has 0 radical (unpaired) electrons. The second-order valence-corrected chi connectivity index (χ2v) is 5.94. The van der Waals surface area contributed by atoms with Crippen LogP contribution in [0.4, 0.5) is 10.1 Å². The summed E-state index contributed by atoms with van der Waals surface area (Å²) in [6, 6.07) is 6.84. The van der Waals surface area contributed by atoms with Crippen LogP contribution in [0.3, 0.4) is 0 Å². The van der Waals surface area contributed by atoms with E-state index >= 15 is 0 Å². The summed E-state index contributed by atoms with van der Waals surface area (Å²) in [4.78, 5) is 0. The molecular formula is C15H23FN2. The van der Waals surface area contributed by atoms with Crippen molar-refractivity contribution in [1.29, 1.82) is 0 Å². The van der Waals surface area contributed by atoms with E-state index in [1.165, 1.54) is 12.5 Å². The van der Waals surface area contributed by atoms with Crippen LogP contribution in [0.5, 0.6) is 0 Å². The van der Waals surface area contributed by atoms with Crippen molar-refractivity contribution < 1.29 is 4.39 Å². The van der Waals surface area contributed by atoms with Crippen LogP contribution in [0.1, 0.15) is 33.1 Å². The number of para-hydroxylation sites is 1. The predicted octanol–water partition coefficient (Wildman–Crippen LogP) is 3.39. The molecule has 2 atom stereocenters. The quantitative estimate of drug-likeness (QED) is 0.863. The number of benzene rings is 1. The van der Waals surface area contributed by atoms with Gasteiger partial charge in [0.05, 0.1) is 11.2 Å². The summed E-state index contributed by atoms with van der Waals surface area (Å²) in [5.41, 5.74) is 6.40. The van der Waals surface area contributed by atoms with Crippen molar-refractivity contribution >= 4 is 5.69 Å². The van der Waals surface area contributed by atoms with Gasteiger partial charge in [0.25, 0.3) is 0 Å². The van der Waals surface area contributed by atoms with Gasteiger partial charge in [-0.1, -0.05) is 26.0 Å². The fraction of sp³-hybridized carbons (Fsp3) is 0.600. The molecule has 0 aromatic heterocycles. The van der Waals surface area contributed by atoms with Gasteiger partial charge in [0.15, 0.2) is 0 Å². The third-order valence-electron chi connectivity index (χ3n) is 3.95. The molecule has 18 heavy (non-hydrogen) atoms. The Balaban J connectivity index is 2.20. The molecule has 0 saturated heterocycles. The first kappa shape index (κ1) is 13.3. The number of nitrogens with two attached hydrogens (primary N) is 1. The Morgan fingerprint density at radius 3 is 2.44 bits per heavy atom. The van der Waals surface area contributed by atoms with Crippen LogP contribution in [0.15, 0.2) is 24.3 Å². The van der Waals surface area contributed by atoms with E-state index in [0.29, 0.717) is 24.1 Å². The van der Waals surface area contributed by atoms with Crippen LogP contribution in [0.2, 0.25) is 0 Å². The molecule has 1 aromatic rings. The summed E-state index contributed by atoms with van der Waals surface area (Å²) in [5.74, 6) is 1.07. The summed E-state index contributed by atoms with van der Waals surface area (Å²) >= 11 is 0. The molecule has 0 heterocycles. The minimum absolute atomic E-state index is 0.153. The lowest BCUT2D eigenvalue weighted by Gasteiger charge is -2.43. The number of hydrogen-bond acceptors (Lipinski definition) is 2. The van der Waals surface area contributed by atoms with Gasteiger partial charge in [0.1, 0.15) is 5.82 Å². The molecule has 1 fully saturated rings. The molecule has 0 bridgehead atoms. The average molecular weight is 250 g/mol. The Kier molecular flexibility index (Phi) is 3.91. The third-order valence-corrected chi connectivity index (χ3v) is 3.95. The number of halogens is 1. The van der Waals surface area contributed by atoms with Gasteiger partial charge in [0.2, 0.25) is 0 Å². The highest BCUT2D eigenvalue weighted by Gasteiger charge is 2.37. The van der Waals surface area contributed by atoms with Crippen molar-refractivity contribution in [3.8, 4) is 0 Å². The predicted molar refractivity (Wildman–Crippen MR) is 74.0 cm³/mol. The minimum atomic E-state index is -0.198. The summed E-state index contributed by atoms with van der Waals surface area (Å²) in [6.07, 6.45) is 3.27. The first-order chi connectivity index (χ1) is 8.54. The molecule has 1 aliphatic carbocycles. The molecule has 1 aromatic carbocycles. The monoisotopic (exact) mass is 250 g/mol. The third kappa shape index (κ3) is 2.83. The Labute approximate surface area is 109 Å². The van der Waals surface area contributed by atoms with Gasteiger partial charge in [-0.25, -0.2) is 4.39 Å². The molecule has 1 aliphatic rings. The first-order valence-corrected chi connectivity index (χ1v) is 6.77. The molecule has 2 rings (SSSR count). The smallest absolute Gasteiger partial charge is 0.146 e. The zero-order valence-electron chi connectivity index (χ0n) is 11.2. The molecule has 3 N–H and O–H groups in total. The number of hydrogen-bond donors (Lipinski definition) is 2. The van der Waals surface area contributed by atoms with Crippen molar-refractivity contribution in [2.45, 2.75) is 38.6 Å². The Bertz CT molecular complexity index is 395. The lowest BCUT2D eigenvalue weighted by molar-refractivity contribution is 0.205. The maximum atomic E-state index is 13.7. The average Bonchev–Trinajstić information content (AvgIpc) is 2.31. The van der Waals surface area contributed by atoms with Gasteiger partial charge in [-0.05, 0) is 43.2 Å². The number of nitrogens with one attached hydrogen (secondary N) is 1. The van der Waals surface area contributed by atoms with E-state index in [-0.39, 0.29) is 11.4 Å². The van der Waals surface area contributed by atoms with Crippen molar-refractivity contribution in [2.75, 3.05) is 11.9 Å². The van der Waals surface area contributed by atoms with E-state index in [4.69, 9.17) is 5.73 Å². The first-order valence-electron chi connectivity index (χ1n) is 6.77. The molecule has 2 unspecified atom stereocenters. The van der Waals surface area contributed by atoms with Crippen LogP contribution >= 0.6 is 0 Å². The topological polar surface area (TPSA) is 38.0 Å². The zero-order chi connectivity index (χ0) is 13.2. The van der Waals surface area contributed by atoms with Crippen LogP contribution < -0.4 is 11.1 Å². The van der Waals surface area contributed by atoms with E-state index in [1.807, 2.05) is 6.07 Å². The van der Waals surface area contributed by atoms with Crippen molar-refractivity contribution in [3.05, 3.63) is 30.1 Å². The fourth-order valence-corrected chi connectivity index (χ4v) is 3.44. The SMILES string of the molecule is CC1CC(C)CC(CN)(Nc2ccccc2F)C1. The van der Waals surface area contributed by atoms with E-state index < -0.39 is 0 Å². The summed E-state index contributed by atoms with van der Waals surface area (Å²) in [5, 5.41) is 3.37. The normalized spacial score (nSPS) is 32.2. The van der Waals surface area contributed by atoms with Crippen LogP contribution in [0, 0.1) is 17.7 Å². The molecule has 0 spiro atoms. The molecule has 1 saturated carbocycles. The number of rotatable bonds is 3. The maximum absolute atomic E-state index is 13.7. The van der Waals surface area contributed by atoms with Gasteiger partial charge in [-0.15, -0.1) is 0 Å². The Morgan fingerprint density at radius 1 is 1.28 bits per heavy atom. The zero-order valence-corrected chi connectivity index (χ0v) is 11.2. The summed E-state index contributed by atoms with van der Waals surface area (Å²) < 4.78 is 13.7. The van der Waals surface area contributed by atoms with Crippen LogP contribution in [-0.4, -0.2) is 12.1 Å². The molecule has 0 amide bonds. The second kappa shape index (κ2) is 5.27. The van der Waals surface area contributed by atoms with Gasteiger partial charge in [-0.2, -0.15) is 0 Å². The lowest BCUT2D eigenvalue weighted by atomic mass is 9.71. The van der Waals surface area contributed by atoms with Crippen LogP contribution in [-0.2, 0) is 0 Å². The largest absolute Gasteiger partial charge is 0.376 e. The van der Waals surface area contributed by atoms with Gasteiger partial charge < -0.3 is 11.1 Å². The molecule has 3 heteroatoms. The molecule has 2 nitrogen and oxygen atoms in total. The number of anilines is 1. The van der Waals surface area contributed by atoms with E-state index in [2.05, 4.69) is 19.2 Å². The van der Waals surface area contributed by atoms with Gasteiger partial charge in [0, 0.05) is 6.54 Å². The van der Waals surface area contributed by atoms with Crippen molar-refractivity contribution in [1.82, 2.24) is 0 Å². The molecule has 0 aliphatic heterocycles. The standard InChI is InChI=1S/C15H23FN2/c1-11-7-12(2)9-15(8-11,10-17)18-14-6-4-3-5-13(14)16/h3-6,11-12,18H,7-10,17H2,1-2H3. The van der Waals surface area contributed by atoms with Crippen molar-refractivity contribution in [2.24, 2.45) is 17.6 Å². The Hall–Kier alpha value is -1.09. The maximum Gasteiger partial charge on any atom is 0.146 e. The molecular weight excluding hydrogens is 227 g/mol. The highest BCUT2D eigenvalue weighted by Crippen LogP contribution is 2.38. The summed E-state index contributed by atoms with van der Waals surface area (Å²) in [6.45, 7) is 5.06. The molecule has 100 valence electrons. The fourth-order valence-electron chi connectivity index (χ4n) is 3.44. The lowest BCUT2D eigenvalue weighted by Crippen LogP contribution is -2.50. The second-order valence-electron chi connectivity index (χ2n) is 5.94. The van der Waals surface area contributed by atoms with E-state index in [9.17, 15) is 4.39 Å². The van der Waals surface area contributed by atoms with Gasteiger partial charge >= 0.3 is 0 Å². The van der Waals surface area contributed by atoms with E-state index in [0.717, 1.165) is 12.8 Å².